The summed E-state index contributed by atoms with van der Waals surface area (Å²) in [5.74, 6) is -0.319. The van der Waals surface area contributed by atoms with Crippen molar-refractivity contribution in [2.45, 2.75) is 19.6 Å². The SMILES string of the molecule is CCN(CC)C(=O)CNS(=O)(=O)Cc1ccccc1. The summed E-state index contributed by atoms with van der Waals surface area (Å²) in [7, 11) is -3.48. The van der Waals surface area contributed by atoms with E-state index in [1.54, 1.807) is 29.2 Å². The average Bonchev–Trinajstić information content (AvgIpc) is 2.38. The van der Waals surface area contributed by atoms with Crippen molar-refractivity contribution in [2.24, 2.45) is 0 Å². The highest BCUT2D eigenvalue weighted by molar-refractivity contribution is 7.88. The first-order chi connectivity index (χ1) is 8.98. The molecule has 1 aromatic rings. The number of benzene rings is 1. The lowest BCUT2D eigenvalue weighted by Gasteiger charge is -2.18. The van der Waals surface area contributed by atoms with E-state index in [1.807, 2.05) is 19.9 Å². The van der Waals surface area contributed by atoms with E-state index in [2.05, 4.69) is 4.72 Å². The van der Waals surface area contributed by atoms with Crippen LogP contribution < -0.4 is 4.72 Å². The molecular formula is C13H20N2O3S. The molecule has 1 amide bonds. The lowest BCUT2D eigenvalue weighted by molar-refractivity contribution is -0.129. The van der Waals surface area contributed by atoms with E-state index < -0.39 is 10.0 Å². The van der Waals surface area contributed by atoms with Gasteiger partial charge in [-0.2, -0.15) is 0 Å². The van der Waals surface area contributed by atoms with Gasteiger partial charge in [0.2, 0.25) is 15.9 Å². The van der Waals surface area contributed by atoms with Crippen molar-refractivity contribution in [2.75, 3.05) is 19.6 Å². The summed E-state index contributed by atoms with van der Waals surface area (Å²) in [6, 6.07) is 8.88. The summed E-state index contributed by atoms with van der Waals surface area (Å²) < 4.78 is 26.0. The topological polar surface area (TPSA) is 66.5 Å². The maximum absolute atomic E-state index is 11.8. The molecule has 19 heavy (non-hydrogen) atoms. The number of carbonyl (C=O) groups is 1. The lowest BCUT2D eigenvalue weighted by Crippen LogP contribution is -2.40. The molecule has 0 unspecified atom stereocenters. The van der Waals surface area contributed by atoms with Gasteiger partial charge in [0.1, 0.15) is 0 Å². The predicted molar refractivity (Wildman–Crippen MR) is 75.0 cm³/mol. The van der Waals surface area contributed by atoms with Crippen LogP contribution >= 0.6 is 0 Å². The number of amides is 1. The highest BCUT2D eigenvalue weighted by Crippen LogP contribution is 2.03. The van der Waals surface area contributed by atoms with Crippen molar-refractivity contribution in [3.05, 3.63) is 35.9 Å². The van der Waals surface area contributed by atoms with E-state index >= 15 is 0 Å². The number of hydrogen-bond acceptors (Lipinski definition) is 3. The Kier molecular flexibility index (Phi) is 5.98. The van der Waals surface area contributed by atoms with Gasteiger partial charge >= 0.3 is 0 Å². The van der Waals surface area contributed by atoms with Gasteiger partial charge in [-0.05, 0) is 19.4 Å². The first-order valence-electron chi connectivity index (χ1n) is 6.27. The van der Waals surface area contributed by atoms with E-state index in [9.17, 15) is 13.2 Å². The van der Waals surface area contributed by atoms with Crippen LogP contribution in [0, 0.1) is 0 Å². The molecule has 0 aromatic heterocycles. The smallest absolute Gasteiger partial charge is 0.237 e. The normalized spacial score (nSPS) is 11.3. The third kappa shape index (κ3) is 5.40. The summed E-state index contributed by atoms with van der Waals surface area (Å²) >= 11 is 0. The van der Waals surface area contributed by atoms with Crippen molar-refractivity contribution in [1.29, 1.82) is 0 Å². The highest BCUT2D eigenvalue weighted by Gasteiger charge is 2.15. The van der Waals surface area contributed by atoms with Crippen LogP contribution in [0.1, 0.15) is 19.4 Å². The van der Waals surface area contributed by atoms with Crippen LogP contribution in [0.4, 0.5) is 0 Å². The fourth-order valence-electron chi connectivity index (χ4n) is 1.70. The van der Waals surface area contributed by atoms with Crippen LogP contribution in [0.25, 0.3) is 0 Å². The molecule has 1 aromatic carbocycles. The van der Waals surface area contributed by atoms with Crippen LogP contribution in [0.3, 0.4) is 0 Å². The molecule has 0 heterocycles. The van der Waals surface area contributed by atoms with Crippen molar-refractivity contribution < 1.29 is 13.2 Å². The molecule has 0 fully saturated rings. The standard InChI is InChI=1S/C13H20N2O3S/c1-3-15(4-2)13(16)10-14-19(17,18)11-12-8-6-5-7-9-12/h5-9,14H,3-4,10-11H2,1-2H3. The summed E-state index contributed by atoms with van der Waals surface area (Å²) in [5.41, 5.74) is 0.699. The van der Waals surface area contributed by atoms with Crippen LogP contribution in [0.2, 0.25) is 0 Å². The Morgan fingerprint density at radius 1 is 1.16 bits per heavy atom. The molecule has 0 saturated carbocycles. The molecule has 0 radical (unpaired) electrons. The van der Waals surface area contributed by atoms with Crippen molar-refractivity contribution in [3.8, 4) is 0 Å². The van der Waals surface area contributed by atoms with Crippen molar-refractivity contribution in [1.82, 2.24) is 9.62 Å². The summed E-state index contributed by atoms with van der Waals surface area (Å²) in [5, 5.41) is 0. The molecule has 1 N–H and O–H groups in total. The zero-order chi connectivity index (χ0) is 14.3. The summed E-state index contributed by atoms with van der Waals surface area (Å²) in [6.45, 7) is 4.70. The van der Waals surface area contributed by atoms with Crippen LogP contribution in [0.15, 0.2) is 30.3 Å². The van der Waals surface area contributed by atoms with Gasteiger partial charge in [-0.1, -0.05) is 30.3 Å². The number of hydrogen-bond donors (Lipinski definition) is 1. The second-order valence-electron chi connectivity index (χ2n) is 4.13. The Bertz CT molecular complexity index is 496. The second-order valence-corrected chi connectivity index (χ2v) is 5.94. The first kappa shape index (κ1) is 15.7. The fraction of sp³-hybridized carbons (Fsp3) is 0.462. The van der Waals surface area contributed by atoms with Crippen LogP contribution in [0.5, 0.6) is 0 Å². The minimum Gasteiger partial charge on any atom is -0.342 e. The van der Waals surface area contributed by atoms with Crippen molar-refractivity contribution in [3.63, 3.8) is 0 Å². The Labute approximate surface area is 114 Å². The van der Waals surface area contributed by atoms with E-state index in [-0.39, 0.29) is 18.2 Å². The van der Waals surface area contributed by atoms with E-state index in [4.69, 9.17) is 0 Å². The molecule has 0 aliphatic rings. The molecule has 1 rings (SSSR count). The molecule has 0 saturated heterocycles. The molecule has 106 valence electrons. The van der Waals surface area contributed by atoms with Crippen molar-refractivity contribution >= 4 is 15.9 Å². The number of carbonyl (C=O) groups excluding carboxylic acids is 1. The number of nitrogens with zero attached hydrogens (tertiary/aromatic N) is 1. The van der Waals surface area contributed by atoms with Gasteiger partial charge in [0.25, 0.3) is 0 Å². The Balaban J connectivity index is 2.54. The zero-order valence-corrected chi connectivity index (χ0v) is 12.1. The summed E-state index contributed by atoms with van der Waals surface area (Å²) in [4.78, 5) is 13.3. The Morgan fingerprint density at radius 2 is 1.74 bits per heavy atom. The van der Waals surface area contributed by atoms with Gasteiger partial charge in [0.05, 0.1) is 12.3 Å². The maximum atomic E-state index is 11.8. The number of nitrogens with one attached hydrogen (secondary N) is 1. The minimum absolute atomic E-state index is 0.112. The molecule has 0 bridgehead atoms. The average molecular weight is 284 g/mol. The van der Waals surface area contributed by atoms with Gasteiger partial charge in [-0.25, -0.2) is 13.1 Å². The third-order valence-electron chi connectivity index (χ3n) is 2.76. The van der Waals surface area contributed by atoms with Gasteiger partial charge in [-0.15, -0.1) is 0 Å². The highest BCUT2D eigenvalue weighted by atomic mass is 32.2. The monoisotopic (exact) mass is 284 g/mol. The van der Waals surface area contributed by atoms with Crippen LogP contribution in [-0.2, 0) is 20.6 Å². The molecule has 0 spiro atoms. The van der Waals surface area contributed by atoms with Crippen LogP contribution in [-0.4, -0.2) is 38.9 Å². The third-order valence-corrected chi connectivity index (χ3v) is 4.06. The minimum atomic E-state index is -3.48. The fourth-order valence-corrected chi connectivity index (χ4v) is 2.78. The largest absolute Gasteiger partial charge is 0.342 e. The molecule has 0 atom stereocenters. The molecule has 0 aliphatic carbocycles. The first-order valence-corrected chi connectivity index (χ1v) is 7.92. The molecule has 6 heteroatoms. The van der Waals surface area contributed by atoms with Gasteiger partial charge < -0.3 is 4.90 Å². The number of likely N-dealkylation sites (N-methyl/N-ethyl adjacent to an activating group) is 1. The zero-order valence-electron chi connectivity index (χ0n) is 11.3. The second kappa shape index (κ2) is 7.25. The lowest BCUT2D eigenvalue weighted by atomic mass is 10.2. The Morgan fingerprint density at radius 3 is 2.26 bits per heavy atom. The van der Waals surface area contributed by atoms with Gasteiger partial charge in [0, 0.05) is 13.1 Å². The predicted octanol–water partition coefficient (Wildman–Crippen LogP) is 0.974. The Hall–Kier alpha value is -1.40. The van der Waals surface area contributed by atoms with E-state index in [1.165, 1.54) is 0 Å². The quantitative estimate of drug-likeness (QED) is 0.811. The van der Waals surface area contributed by atoms with Gasteiger partial charge in [-0.3, -0.25) is 4.79 Å². The summed E-state index contributed by atoms with van der Waals surface area (Å²) in [6.07, 6.45) is 0. The van der Waals surface area contributed by atoms with E-state index in [0.717, 1.165) is 0 Å². The number of rotatable bonds is 7. The molecule has 0 aliphatic heterocycles. The molecule has 5 nitrogen and oxygen atoms in total. The number of sulfonamides is 1. The molecular weight excluding hydrogens is 264 g/mol. The van der Waals surface area contributed by atoms with Gasteiger partial charge in [0.15, 0.2) is 0 Å². The van der Waals surface area contributed by atoms with E-state index in [0.29, 0.717) is 18.7 Å². The maximum Gasteiger partial charge on any atom is 0.237 e.